The fourth-order valence-corrected chi connectivity index (χ4v) is 2.45. The molecule has 0 atom stereocenters. The van der Waals surface area contributed by atoms with Crippen molar-refractivity contribution in [3.63, 3.8) is 0 Å². The summed E-state index contributed by atoms with van der Waals surface area (Å²) in [7, 11) is 0. The van der Waals surface area contributed by atoms with Crippen LogP contribution in [-0.2, 0) is 6.42 Å². The molecule has 0 spiro atoms. The third kappa shape index (κ3) is 4.34. The Morgan fingerprint density at radius 1 is 1.15 bits per heavy atom. The molecule has 0 radical (unpaired) electrons. The third-order valence-electron chi connectivity index (χ3n) is 2.98. The quantitative estimate of drug-likeness (QED) is 0.545. The highest BCUT2D eigenvalue weighted by atomic mass is 127. The number of ether oxygens (including phenoxy) is 1. The number of carbonyl (C=O) groups is 1. The monoisotopic (exact) mass is 380 g/mol. The standard InChI is InChI=1S/C17H17IO2/c1-2-4-13-7-9-14(10-8-13)17(19)12-20-16-6-3-5-15(18)11-16/h3,5-11H,2,4,12H2,1H3. The Morgan fingerprint density at radius 3 is 2.55 bits per heavy atom. The van der Waals surface area contributed by atoms with Gasteiger partial charge in [-0.1, -0.05) is 43.7 Å². The summed E-state index contributed by atoms with van der Waals surface area (Å²) in [6.45, 7) is 2.22. The van der Waals surface area contributed by atoms with Crippen molar-refractivity contribution in [1.82, 2.24) is 0 Å². The SMILES string of the molecule is CCCc1ccc(C(=O)COc2cccc(I)c2)cc1. The van der Waals surface area contributed by atoms with Gasteiger partial charge in [0.1, 0.15) is 5.75 Å². The normalized spacial score (nSPS) is 10.3. The average Bonchev–Trinajstić information content (AvgIpc) is 2.46. The first-order valence-corrected chi connectivity index (χ1v) is 7.77. The van der Waals surface area contributed by atoms with Crippen LogP contribution in [-0.4, -0.2) is 12.4 Å². The molecule has 0 fully saturated rings. The number of hydrogen-bond donors (Lipinski definition) is 0. The highest BCUT2D eigenvalue weighted by molar-refractivity contribution is 14.1. The lowest BCUT2D eigenvalue weighted by molar-refractivity contribution is 0.0921. The molecule has 2 nitrogen and oxygen atoms in total. The predicted molar refractivity (Wildman–Crippen MR) is 89.4 cm³/mol. The van der Waals surface area contributed by atoms with Crippen molar-refractivity contribution >= 4 is 28.4 Å². The maximum absolute atomic E-state index is 12.0. The molecule has 2 aromatic carbocycles. The second kappa shape index (κ2) is 7.43. The van der Waals surface area contributed by atoms with Gasteiger partial charge in [0, 0.05) is 9.13 Å². The Kier molecular flexibility index (Phi) is 5.59. The molecular weight excluding hydrogens is 363 g/mol. The van der Waals surface area contributed by atoms with Crippen LogP contribution in [0.3, 0.4) is 0 Å². The maximum atomic E-state index is 12.0. The Hall–Kier alpha value is -1.36. The van der Waals surface area contributed by atoms with Crippen LogP contribution < -0.4 is 4.74 Å². The van der Waals surface area contributed by atoms with Crippen LogP contribution in [0.2, 0.25) is 0 Å². The Bertz CT molecular complexity index is 576. The molecule has 0 aliphatic heterocycles. The average molecular weight is 380 g/mol. The molecule has 0 N–H and O–H groups in total. The van der Waals surface area contributed by atoms with E-state index in [-0.39, 0.29) is 12.4 Å². The van der Waals surface area contributed by atoms with E-state index in [1.165, 1.54) is 5.56 Å². The van der Waals surface area contributed by atoms with E-state index in [0.29, 0.717) is 5.56 Å². The fourth-order valence-electron chi connectivity index (χ4n) is 1.93. The second-order valence-corrected chi connectivity index (χ2v) is 5.86. The molecule has 0 bridgehead atoms. The summed E-state index contributed by atoms with van der Waals surface area (Å²) in [5, 5.41) is 0. The molecule has 0 unspecified atom stereocenters. The summed E-state index contributed by atoms with van der Waals surface area (Å²) in [5.41, 5.74) is 1.97. The number of carbonyl (C=O) groups excluding carboxylic acids is 1. The number of hydrogen-bond acceptors (Lipinski definition) is 2. The van der Waals surface area contributed by atoms with Crippen LogP contribution in [0.25, 0.3) is 0 Å². The van der Waals surface area contributed by atoms with E-state index in [9.17, 15) is 4.79 Å². The van der Waals surface area contributed by atoms with Crippen molar-refractivity contribution in [1.29, 1.82) is 0 Å². The van der Waals surface area contributed by atoms with Gasteiger partial charge in [0.15, 0.2) is 12.4 Å². The van der Waals surface area contributed by atoms with E-state index in [2.05, 4.69) is 29.5 Å². The van der Waals surface area contributed by atoms with Gasteiger partial charge in [-0.15, -0.1) is 0 Å². The van der Waals surface area contributed by atoms with Crippen LogP contribution in [0.4, 0.5) is 0 Å². The summed E-state index contributed by atoms with van der Waals surface area (Å²) < 4.78 is 6.62. The van der Waals surface area contributed by atoms with Crippen LogP contribution in [0.1, 0.15) is 29.3 Å². The number of benzene rings is 2. The Labute approximate surface area is 133 Å². The molecule has 0 amide bonds. The molecule has 104 valence electrons. The highest BCUT2D eigenvalue weighted by Crippen LogP contribution is 2.15. The van der Waals surface area contributed by atoms with Crippen molar-refractivity contribution in [3.8, 4) is 5.75 Å². The zero-order valence-electron chi connectivity index (χ0n) is 11.4. The molecule has 3 heteroatoms. The fraction of sp³-hybridized carbons (Fsp3) is 0.235. The molecule has 0 aliphatic carbocycles. The van der Waals surface area contributed by atoms with Crippen LogP contribution >= 0.6 is 22.6 Å². The van der Waals surface area contributed by atoms with Gasteiger partial charge >= 0.3 is 0 Å². The number of aryl methyl sites for hydroxylation is 1. The van der Waals surface area contributed by atoms with E-state index >= 15 is 0 Å². The van der Waals surface area contributed by atoms with Gasteiger partial charge in [-0.05, 0) is 52.8 Å². The van der Waals surface area contributed by atoms with Gasteiger partial charge in [-0.25, -0.2) is 0 Å². The second-order valence-electron chi connectivity index (χ2n) is 4.62. The minimum atomic E-state index is 0.00640. The van der Waals surface area contributed by atoms with E-state index in [1.807, 2.05) is 48.5 Å². The van der Waals surface area contributed by atoms with Gasteiger partial charge in [0.2, 0.25) is 0 Å². The minimum Gasteiger partial charge on any atom is -0.485 e. The lowest BCUT2D eigenvalue weighted by Crippen LogP contribution is -2.11. The van der Waals surface area contributed by atoms with Crippen LogP contribution in [0.5, 0.6) is 5.75 Å². The summed E-state index contributed by atoms with van der Waals surface area (Å²) in [5.74, 6) is 0.736. The Balaban J connectivity index is 1.94. The number of Topliss-reactive ketones (excluding diaryl/α,β-unsaturated/α-hetero) is 1. The lowest BCUT2D eigenvalue weighted by atomic mass is 10.1. The first-order valence-electron chi connectivity index (χ1n) is 6.69. The topological polar surface area (TPSA) is 26.3 Å². The van der Waals surface area contributed by atoms with Crippen molar-refractivity contribution in [2.75, 3.05) is 6.61 Å². The van der Waals surface area contributed by atoms with Gasteiger partial charge in [-0.3, -0.25) is 4.79 Å². The van der Waals surface area contributed by atoms with Crippen molar-refractivity contribution in [2.45, 2.75) is 19.8 Å². The summed E-state index contributed by atoms with van der Waals surface area (Å²) in [6.07, 6.45) is 2.16. The Morgan fingerprint density at radius 2 is 1.90 bits per heavy atom. The summed E-state index contributed by atoms with van der Waals surface area (Å²) in [6, 6.07) is 15.5. The van der Waals surface area contributed by atoms with Gasteiger partial charge in [0.25, 0.3) is 0 Å². The molecular formula is C17H17IO2. The van der Waals surface area contributed by atoms with Crippen molar-refractivity contribution in [2.24, 2.45) is 0 Å². The summed E-state index contributed by atoms with van der Waals surface area (Å²) >= 11 is 2.22. The zero-order chi connectivity index (χ0) is 14.4. The number of rotatable bonds is 6. The van der Waals surface area contributed by atoms with Crippen LogP contribution in [0, 0.1) is 3.57 Å². The van der Waals surface area contributed by atoms with Gasteiger partial charge in [-0.2, -0.15) is 0 Å². The predicted octanol–water partition coefficient (Wildman–Crippen LogP) is 4.51. The van der Waals surface area contributed by atoms with E-state index in [0.717, 1.165) is 22.2 Å². The van der Waals surface area contributed by atoms with Crippen molar-refractivity contribution in [3.05, 3.63) is 63.2 Å². The molecule has 0 aromatic heterocycles. The molecule has 0 aliphatic rings. The van der Waals surface area contributed by atoms with Crippen molar-refractivity contribution < 1.29 is 9.53 Å². The van der Waals surface area contributed by atoms with Gasteiger partial charge in [0.05, 0.1) is 0 Å². The maximum Gasteiger partial charge on any atom is 0.200 e. The number of ketones is 1. The first-order chi connectivity index (χ1) is 9.69. The third-order valence-corrected chi connectivity index (χ3v) is 3.65. The van der Waals surface area contributed by atoms with E-state index in [1.54, 1.807) is 0 Å². The number of halogens is 1. The highest BCUT2D eigenvalue weighted by Gasteiger charge is 2.07. The van der Waals surface area contributed by atoms with Gasteiger partial charge < -0.3 is 4.74 Å². The molecule has 2 aromatic rings. The minimum absolute atomic E-state index is 0.00640. The van der Waals surface area contributed by atoms with E-state index < -0.39 is 0 Å². The molecule has 0 saturated carbocycles. The lowest BCUT2D eigenvalue weighted by Gasteiger charge is -2.06. The summed E-state index contributed by atoms with van der Waals surface area (Å²) in [4.78, 5) is 12.0. The van der Waals surface area contributed by atoms with Crippen LogP contribution in [0.15, 0.2) is 48.5 Å². The van der Waals surface area contributed by atoms with E-state index in [4.69, 9.17) is 4.74 Å². The zero-order valence-corrected chi connectivity index (χ0v) is 13.6. The molecule has 0 saturated heterocycles. The molecule has 20 heavy (non-hydrogen) atoms. The largest absolute Gasteiger partial charge is 0.485 e. The smallest absolute Gasteiger partial charge is 0.200 e. The molecule has 2 rings (SSSR count). The molecule has 0 heterocycles. The first kappa shape index (κ1) is 15.0.